The number of aliphatic hydroxyl groups excluding tert-OH is 1. The van der Waals surface area contributed by atoms with Gasteiger partial charge in [-0.3, -0.25) is 0 Å². The topological polar surface area (TPSA) is 88.5 Å². The first-order chi connectivity index (χ1) is 15.3. The maximum absolute atomic E-state index is 12.6. The molecule has 32 heavy (non-hydrogen) atoms. The van der Waals surface area contributed by atoms with Gasteiger partial charge in [-0.1, -0.05) is 30.3 Å². The molecule has 3 aromatic rings. The highest BCUT2D eigenvalue weighted by Crippen LogP contribution is 2.29. The van der Waals surface area contributed by atoms with Crippen molar-refractivity contribution in [3.05, 3.63) is 60.2 Å². The largest absolute Gasteiger partial charge is 0.573 e. The Morgan fingerprint density at radius 1 is 1.06 bits per heavy atom. The lowest BCUT2D eigenvalue weighted by atomic mass is 10.1. The molecule has 3 N–H and O–H groups in total. The molecule has 1 aromatic heterocycles. The number of methoxy groups -OCH3 is 1. The molecule has 0 aliphatic rings. The second-order valence-electron chi connectivity index (χ2n) is 6.93. The average molecular weight is 448 g/mol. The van der Waals surface area contributed by atoms with Gasteiger partial charge < -0.3 is 25.2 Å². The van der Waals surface area contributed by atoms with Crippen LogP contribution in [0.3, 0.4) is 0 Å². The van der Waals surface area contributed by atoms with Crippen molar-refractivity contribution in [3.8, 4) is 22.8 Å². The van der Waals surface area contributed by atoms with Gasteiger partial charge in [-0.15, -0.1) is 13.2 Å². The van der Waals surface area contributed by atoms with Crippen molar-refractivity contribution in [2.45, 2.75) is 25.9 Å². The number of anilines is 2. The van der Waals surface area contributed by atoms with Gasteiger partial charge in [-0.05, 0) is 25.1 Å². The van der Waals surface area contributed by atoms with Gasteiger partial charge in [-0.25, -0.2) is 4.98 Å². The number of aliphatic hydroxyl groups is 1. The molecule has 3 rings (SSSR count). The molecule has 0 aliphatic carbocycles. The van der Waals surface area contributed by atoms with E-state index in [9.17, 15) is 18.3 Å². The average Bonchev–Trinajstić information content (AvgIpc) is 2.76. The fourth-order valence-electron chi connectivity index (χ4n) is 2.90. The van der Waals surface area contributed by atoms with E-state index in [-0.39, 0.29) is 24.3 Å². The summed E-state index contributed by atoms with van der Waals surface area (Å²) in [4.78, 5) is 8.79. The van der Waals surface area contributed by atoms with E-state index >= 15 is 0 Å². The summed E-state index contributed by atoms with van der Waals surface area (Å²) in [6.07, 6.45) is -4.80. The van der Waals surface area contributed by atoms with Crippen LogP contribution in [0.15, 0.2) is 54.6 Å². The van der Waals surface area contributed by atoms with E-state index in [0.29, 0.717) is 29.4 Å². The van der Waals surface area contributed by atoms with Gasteiger partial charge in [-0.2, -0.15) is 4.98 Å². The highest BCUT2D eigenvalue weighted by Gasteiger charge is 2.31. The van der Waals surface area contributed by atoms with Crippen LogP contribution in [-0.2, 0) is 6.54 Å². The molecule has 10 heteroatoms. The molecule has 0 unspecified atom stereocenters. The molecule has 0 saturated heterocycles. The van der Waals surface area contributed by atoms with E-state index in [0.717, 1.165) is 5.56 Å². The minimum Gasteiger partial charge on any atom is -0.496 e. The predicted octanol–water partition coefficient (Wildman–Crippen LogP) is 4.46. The van der Waals surface area contributed by atoms with Gasteiger partial charge in [0.2, 0.25) is 5.95 Å². The van der Waals surface area contributed by atoms with Gasteiger partial charge >= 0.3 is 6.36 Å². The Balaban J connectivity index is 1.92. The Morgan fingerprint density at radius 2 is 1.84 bits per heavy atom. The highest BCUT2D eigenvalue weighted by molar-refractivity contribution is 5.66. The van der Waals surface area contributed by atoms with Gasteiger partial charge in [0.1, 0.15) is 17.3 Å². The number of alkyl halides is 3. The summed E-state index contributed by atoms with van der Waals surface area (Å²) in [5, 5.41) is 15.5. The Hall–Kier alpha value is -3.53. The highest BCUT2D eigenvalue weighted by atomic mass is 19.4. The Kier molecular flexibility index (Phi) is 7.37. The van der Waals surface area contributed by atoms with Crippen LogP contribution in [-0.4, -0.2) is 41.2 Å². The number of para-hydroxylation sites is 1. The molecule has 2 aromatic carbocycles. The van der Waals surface area contributed by atoms with Crippen LogP contribution in [0, 0.1) is 0 Å². The van der Waals surface area contributed by atoms with Crippen molar-refractivity contribution in [2.75, 3.05) is 24.4 Å². The molecule has 0 fully saturated rings. The Morgan fingerprint density at radius 3 is 2.56 bits per heavy atom. The van der Waals surface area contributed by atoms with E-state index in [2.05, 4.69) is 25.3 Å². The number of nitrogens with zero attached hydrogens (tertiary/aromatic N) is 2. The molecule has 0 spiro atoms. The maximum Gasteiger partial charge on any atom is 0.573 e. The van der Waals surface area contributed by atoms with E-state index < -0.39 is 6.36 Å². The van der Waals surface area contributed by atoms with Crippen LogP contribution < -0.4 is 20.1 Å². The molecule has 7 nitrogen and oxygen atoms in total. The van der Waals surface area contributed by atoms with Gasteiger partial charge in [0.05, 0.1) is 19.4 Å². The van der Waals surface area contributed by atoms with Crippen molar-refractivity contribution < 1.29 is 27.8 Å². The predicted molar refractivity (Wildman–Crippen MR) is 115 cm³/mol. The zero-order valence-electron chi connectivity index (χ0n) is 17.5. The van der Waals surface area contributed by atoms with Crippen molar-refractivity contribution in [1.29, 1.82) is 0 Å². The third-order valence-electron chi connectivity index (χ3n) is 4.39. The van der Waals surface area contributed by atoms with Crippen LogP contribution in [0.4, 0.5) is 24.9 Å². The Bertz CT molecular complexity index is 1050. The number of ether oxygens (including phenoxy) is 2. The molecule has 1 heterocycles. The number of hydrogen-bond acceptors (Lipinski definition) is 7. The lowest BCUT2D eigenvalue weighted by Crippen LogP contribution is -2.21. The fourth-order valence-corrected chi connectivity index (χ4v) is 2.90. The molecule has 0 bridgehead atoms. The van der Waals surface area contributed by atoms with E-state index in [4.69, 9.17) is 4.74 Å². The van der Waals surface area contributed by atoms with Crippen LogP contribution in [0.5, 0.6) is 11.5 Å². The van der Waals surface area contributed by atoms with Gasteiger partial charge in [0, 0.05) is 29.8 Å². The normalized spacial score (nSPS) is 12.2. The summed E-state index contributed by atoms with van der Waals surface area (Å²) in [6, 6.07) is 14.3. The van der Waals surface area contributed by atoms with Gasteiger partial charge in [0.25, 0.3) is 0 Å². The van der Waals surface area contributed by atoms with Gasteiger partial charge in [0.15, 0.2) is 0 Å². The number of aromatic nitrogens is 2. The molecular formula is C22H23F3N4O3. The molecular weight excluding hydrogens is 425 g/mol. The summed E-state index contributed by atoms with van der Waals surface area (Å²) in [6.45, 7) is 1.99. The third-order valence-corrected chi connectivity index (χ3v) is 4.39. The first-order valence-corrected chi connectivity index (χ1v) is 9.76. The monoisotopic (exact) mass is 448 g/mol. The van der Waals surface area contributed by atoms with Crippen LogP contribution in [0.25, 0.3) is 11.3 Å². The molecule has 0 aliphatic heterocycles. The van der Waals surface area contributed by atoms with Crippen LogP contribution in [0.1, 0.15) is 12.5 Å². The first kappa shape index (κ1) is 23.1. The number of benzene rings is 2. The van der Waals surface area contributed by atoms with E-state index in [1.807, 2.05) is 24.3 Å². The maximum atomic E-state index is 12.6. The number of halogens is 3. The summed E-state index contributed by atoms with van der Waals surface area (Å²) < 4.78 is 47.2. The summed E-state index contributed by atoms with van der Waals surface area (Å²) in [7, 11) is 1.58. The van der Waals surface area contributed by atoms with Crippen molar-refractivity contribution >= 4 is 11.8 Å². The number of nitrogens with one attached hydrogen (secondary N) is 2. The minimum absolute atomic E-state index is 0.146. The summed E-state index contributed by atoms with van der Waals surface area (Å²) >= 11 is 0. The lowest BCUT2D eigenvalue weighted by molar-refractivity contribution is -0.274. The Labute approximate surface area is 183 Å². The molecule has 0 radical (unpaired) electrons. The first-order valence-electron chi connectivity index (χ1n) is 9.76. The van der Waals surface area contributed by atoms with Crippen LogP contribution in [0.2, 0.25) is 0 Å². The quantitative estimate of drug-likeness (QED) is 0.446. The standard InChI is InChI=1S/C22H23F3N4O3/c1-14(13-30)27-21-28-18(15-7-5-8-17(10-15)32-22(23,24)25)11-20(29-21)26-12-16-6-3-4-9-19(16)31-2/h3-11,14,30H,12-13H2,1-2H3,(H2,26,27,28,29)/t14-/m0/s1. The zero-order chi connectivity index (χ0) is 23.1. The summed E-state index contributed by atoms with van der Waals surface area (Å²) in [5.74, 6) is 1.01. The smallest absolute Gasteiger partial charge is 0.496 e. The van der Waals surface area contributed by atoms with Crippen LogP contribution >= 0.6 is 0 Å². The second kappa shape index (κ2) is 10.2. The van der Waals surface area contributed by atoms with E-state index in [1.165, 1.54) is 18.2 Å². The van der Waals surface area contributed by atoms with E-state index in [1.54, 1.807) is 26.2 Å². The number of rotatable bonds is 9. The second-order valence-corrected chi connectivity index (χ2v) is 6.93. The minimum atomic E-state index is -4.80. The zero-order valence-corrected chi connectivity index (χ0v) is 17.5. The lowest BCUT2D eigenvalue weighted by Gasteiger charge is -2.15. The number of hydrogen-bond donors (Lipinski definition) is 3. The molecule has 0 saturated carbocycles. The molecule has 170 valence electrons. The SMILES string of the molecule is COc1ccccc1CNc1cc(-c2cccc(OC(F)(F)F)c2)nc(N[C@@H](C)CO)n1. The van der Waals surface area contributed by atoms with Crippen molar-refractivity contribution in [1.82, 2.24) is 9.97 Å². The third kappa shape index (κ3) is 6.48. The fraction of sp³-hybridized carbons (Fsp3) is 0.273. The summed E-state index contributed by atoms with van der Waals surface area (Å²) in [5.41, 5.74) is 1.69. The molecule has 0 amide bonds. The van der Waals surface area contributed by atoms with Crippen molar-refractivity contribution in [3.63, 3.8) is 0 Å². The molecule has 1 atom stereocenters. The van der Waals surface area contributed by atoms with Crippen molar-refractivity contribution in [2.24, 2.45) is 0 Å².